The fourth-order valence-corrected chi connectivity index (χ4v) is 3.54. The molecule has 5 nitrogen and oxygen atoms in total. The van der Waals surface area contributed by atoms with Gasteiger partial charge in [0, 0.05) is 24.5 Å². The summed E-state index contributed by atoms with van der Waals surface area (Å²) in [6, 6.07) is 1.79. The molecule has 0 aliphatic carbocycles. The molecule has 0 aromatic carbocycles. The van der Waals surface area contributed by atoms with Crippen molar-refractivity contribution in [3.05, 3.63) is 29.8 Å². The molecule has 0 bridgehead atoms. The average molecular weight is 426 g/mol. The topological polar surface area (TPSA) is 62.7 Å². The fourth-order valence-electron chi connectivity index (χ4n) is 1.44. The minimum atomic E-state index is -0.0896. The lowest BCUT2D eigenvalue weighted by molar-refractivity contribution is 0.0958. The summed E-state index contributed by atoms with van der Waals surface area (Å²) in [6.07, 6.45) is 0.628. The largest absolute Gasteiger partial charge is 0.351 e. The molecule has 0 saturated carbocycles. The molecule has 2 aromatic heterocycles. The third-order valence-corrected chi connectivity index (χ3v) is 6.10. The number of hydrogen-bond donors (Lipinski definition) is 2. The van der Waals surface area contributed by atoms with Crippen LogP contribution in [0.15, 0.2) is 14.3 Å². The van der Waals surface area contributed by atoms with Crippen LogP contribution in [0.5, 0.6) is 0 Å². The molecule has 2 heterocycles. The molecule has 0 aliphatic heterocycles. The summed E-state index contributed by atoms with van der Waals surface area (Å²) in [5.74, 6) is 0.729. The van der Waals surface area contributed by atoms with Crippen LogP contribution in [-0.4, -0.2) is 27.2 Å². The zero-order chi connectivity index (χ0) is 14.0. The van der Waals surface area contributed by atoms with Gasteiger partial charge >= 0.3 is 0 Å². The second-order valence-corrected chi connectivity index (χ2v) is 7.35. The van der Waals surface area contributed by atoms with Crippen molar-refractivity contribution in [2.45, 2.75) is 6.42 Å². The van der Waals surface area contributed by atoms with E-state index in [0.29, 0.717) is 22.6 Å². The van der Waals surface area contributed by atoms with Gasteiger partial charge in [0.15, 0.2) is 4.77 Å². The summed E-state index contributed by atoms with van der Waals surface area (Å²) >= 11 is 13.1. The lowest BCUT2D eigenvalue weighted by Crippen LogP contribution is -2.25. The van der Waals surface area contributed by atoms with Crippen LogP contribution in [0.2, 0.25) is 0 Å². The quantitative estimate of drug-likeness (QED) is 0.740. The van der Waals surface area contributed by atoms with Crippen molar-refractivity contribution < 1.29 is 4.79 Å². The van der Waals surface area contributed by atoms with E-state index in [1.807, 2.05) is 7.05 Å². The lowest BCUT2D eigenvalue weighted by Gasteiger charge is -2.03. The fraction of sp³-hybridized carbons (Fsp3) is 0.300. The zero-order valence-corrected chi connectivity index (χ0v) is 14.7. The standard InChI is InChI=1S/C10H10Br2N4OS2/c1-16-7(14-15-10(16)18)2-3-13-9(17)6-4-5(11)8(12)19-6/h4H,2-3H2,1H3,(H,13,17)(H,15,18). The van der Waals surface area contributed by atoms with Crippen molar-refractivity contribution in [2.75, 3.05) is 6.54 Å². The second kappa shape index (κ2) is 6.29. The van der Waals surface area contributed by atoms with Crippen LogP contribution in [0.4, 0.5) is 0 Å². The van der Waals surface area contributed by atoms with Gasteiger partial charge in [-0.15, -0.1) is 11.3 Å². The summed E-state index contributed by atoms with van der Waals surface area (Å²) in [6.45, 7) is 0.513. The normalized spacial score (nSPS) is 10.7. The third-order valence-electron chi connectivity index (χ3n) is 2.48. The molecule has 2 rings (SSSR count). The highest BCUT2D eigenvalue weighted by Gasteiger charge is 2.12. The predicted molar refractivity (Wildman–Crippen MR) is 84.1 cm³/mol. The Morgan fingerprint density at radius 3 is 2.89 bits per heavy atom. The lowest BCUT2D eigenvalue weighted by atomic mass is 10.3. The van der Waals surface area contributed by atoms with Crippen LogP contribution in [0.25, 0.3) is 0 Å². The van der Waals surface area contributed by atoms with E-state index >= 15 is 0 Å². The van der Waals surface area contributed by atoms with Gasteiger partial charge in [-0.05, 0) is 50.1 Å². The first-order valence-electron chi connectivity index (χ1n) is 5.32. The Kier molecular flexibility index (Phi) is 4.93. The monoisotopic (exact) mass is 424 g/mol. The van der Waals surface area contributed by atoms with E-state index in [4.69, 9.17) is 12.2 Å². The van der Waals surface area contributed by atoms with Gasteiger partial charge in [0.25, 0.3) is 5.91 Å². The number of amides is 1. The summed E-state index contributed by atoms with van der Waals surface area (Å²) in [4.78, 5) is 12.6. The first-order chi connectivity index (χ1) is 8.99. The number of nitrogens with zero attached hydrogens (tertiary/aromatic N) is 2. The molecule has 19 heavy (non-hydrogen) atoms. The van der Waals surface area contributed by atoms with Crippen molar-refractivity contribution in [3.8, 4) is 0 Å². The number of halogens is 2. The van der Waals surface area contributed by atoms with Gasteiger partial charge in [0.2, 0.25) is 0 Å². The molecule has 0 fully saturated rings. The zero-order valence-electron chi connectivity index (χ0n) is 9.87. The minimum absolute atomic E-state index is 0.0896. The number of H-pyrrole nitrogens is 1. The van der Waals surface area contributed by atoms with E-state index in [9.17, 15) is 4.79 Å². The second-order valence-electron chi connectivity index (χ2n) is 3.74. The van der Waals surface area contributed by atoms with Gasteiger partial charge in [-0.25, -0.2) is 0 Å². The average Bonchev–Trinajstić information content (AvgIpc) is 2.86. The number of aromatic nitrogens is 3. The summed E-state index contributed by atoms with van der Waals surface area (Å²) in [5, 5.41) is 9.65. The van der Waals surface area contributed by atoms with Crippen LogP contribution >= 0.6 is 55.4 Å². The summed E-state index contributed by atoms with van der Waals surface area (Å²) in [7, 11) is 1.84. The molecule has 0 saturated heterocycles. The maximum atomic E-state index is 11.9. The number of aromatic amines is 1. The highest BCUT2D eigenvalue weighted by atomic mass is 79.9. The van der Waals surface area contributed by atoms with E-state index < -0.39 is 0 Å². The van der Waals surface area contributed by atoms with E-state index in [1.165, 1.54) is 11.3 Å². The van der Waals surface area contributed by atoms with Crippen molar-refractivity contribution >= 4 is 61.3 Å². The molecule has 1 amide bonds. The Morgan fingerprint density at radius 1 is 1.63 bits per heavy atom. The van der Waals surface area contributed by atoms with Gasteiger partial charge in [-0.3, -0.25) is 9.89 Å². The maximum Gasteiger partial charge on any atom is 0.261 e. The van der Waals surface area contributed by atoms with Gasteiger partial charge in [-0.2, -0.15) is 5.10 Å². The molecule has 0 aliphatic rings. The summed E-state index contributed by atoms with van der Waals surface area (Å²) < 4.78 is 4.16. The Morgan fingerprint density at radius 2 is 2.37 bits per heavy atom. The van der Waals surface area contributed by atoms with Crippen molar-refractivity contribution in [1.29, 1.82) is 0 Å². The first kappa shape index (κ1) is 14.9. The first-order valence-corrected chi connectivity index (χ1v) is 8.13. The molecule has 0 unspecified atom stereocenters. The third kappa shape index (κ3) is 3.53. The molecule has 0 radical (unpaired) electrons. The van der Waals surface area contributed by atoms with E-state index in [0.717, 1.165) is 14.1 Å². The van der Waals surface area contributed by atoms with Crippen LogP contribution in [0.1, 0.15) is 15.5 Å². The molecular weight excluding hydrogens is 416 g/mol. The van der Waals surface area contributed by atoms with Crippen molar-refractivity contribution in [2.24, 2.45) is 7.05 Å². The Labute approximate surface area is 135 Å². The van der Waals surface area contributed by atoms with Gasteiger partial charge in [0.05, 0.1) is 8.66 Å². The maximum absolute atomic E-state index is 11.9. The number of rotatable bonds is 4. The molecule has 102 valence electrons. The van der Waals surface area contributed by atoms with E-state index in [1.54, 1.807) is 10.6 Å². The highest BCUT2D eigenvalue weighted by Crippen LogP contribution is 2.32. The molecule has 0 atom stereocenters. The predicted octanol–water partition coefficient (Wildman–Crippen LogP) is 3.04. The Hall–Kier alpha value is -0.510. The smallest absolute Gasteiger partial charge is 0.261 e. The van der Waals surface area contributed by atoms with Crippen LogP contribution in [0, 0.1) is 4.77 Å². The molecule has 0 spiro atoms. The molecule has 2 N–H and O–H groups in total. The number of carbonyl (C=O) groups is 1. The van der Waals surface area contributed by atoms with Crippen molar-refractivity contribution in [1.82, 2.24) is 20.1 Å². The molecular formula is C10H10Br2N4OS2. The van der Waals surface area contributed by atoms with Gasteiger partial charge in [0.1, 0.15) is 5.82 Å². The Bertz CT molecular complexity index is 641. The number of thiophene rings is 1. The van der Waals surface area contributed by atoms with Crippen LogP contribution in [0.3, 0.4) is 0 Å². The van der Waals surface area contributed by atoms with E-state index in [-0.39, 0.29) is 5.91 Å². The van der Waals surface area contributed by atoms with Crippen LogP contribution < -0.4 is 5.32 Å². The summed E-state index contributed by atoms with van der Waals surface area (Å²) in [5.41, 5.74) is 0. The molecule has 9 heteroatoms. The Balaban J connectivity index is 1.91. The number of carbonyl (C=O) groups excluding carboxylic acids is 1. The minimum Gasteiger partial charge on any atom is -0.351 e. The SMILES string of the molecule is Cn1c(CCNC(=O)c2cc(Br)c(Br)s2)n[nH]c1=S. The number of nitrogens with one attached hydrogen (secondary N) is 2. The van der Waals surface area contributed by atoms with Gasteiger partial charge < -0.3 is 9.88 Å². The highest BCUT2D eigenvalue weighted by molar-refractivity contribution is 9.13. The van der Waals surface area contributed by atoms with Crippen molar-refractivity contribution in [3.63, 3.8) is 0 Å². The number of hydrogen-bond acceptors (Lipinski definition) is 4. The van der Waals surface area contributed by atoms with Crippen LogP contribution in [-0.2, 0) is 13.5 Å². The molecule has 2 aromatic rings. The van der Waals surface area contributed by atoms with E-state index in [2.05, 4.69) is 47.4 Å². The van der Waals surface area contributed by atoms with Gasteiger partial charge in [-0.1, -0.05) is 0 Å².